The Morgan fingerprint density at radius 3 is 2.70 bits per heavy atom. The first-order valence-corrected chi connectivity index (χ1v) is 8.27. The molecule has 2 aliphatic rings. The van der Waals surface area contributed by atoms with Gasteiger partial charge in [0.15, 0.2) is 0 Å². The van der Waals surface area contributed by atoms with Gasteiger partial charge in [0.2, 0.25) is 0 Å². The smallest absolute Gasteiger partial charge is 0.0572 e. The van der Waals surface area contributed by atoms with E-state index in [-0.39, 0.29) is 6.04 Å². The molecule has 1 aliphatic carbocycles. The number of pyridine rings is 1. The van der Waals surface area contributed by atoms with Crippen LogP contribution in [0.3, 0.4) is 0 Å². The second-order valence-corrected chi connectivity index (χ2v) is 6.40. The molecule has 20 heavy (non-hydrogen) atoms. The van der Waals surface area contributed by atoms with E-state index in [4.69, 9.17) is 5.73 Å². The maximum atomic E-state index is 6.05. The van der Waals surface area contributed by atoms with Crippen LogP contribution in [0.2, 0.25) is 0 Å². The summed E-state index contributed by atoms with van der Waals surface area (Å²) in [6, 6.07) is 5.18. The molecule has 2 fully saturated rings. The van der Waals surface area contributed by atoms with Crippen molar-refractivity contribution >= 4 is 5.69 Å². The highest BCUT2D eigenvalue weighted by Gasteiger charge is 2.33. The Morgan fingerprint density at radius 1 is 1.25 bits per heavy atom. The second kappa shape index (κ2) is 6.13. The molecule has 0 amide bonds. The maximum Gasteiger partial charge on any atom is 0.0572 e. The van der Waals surface area contributed by atoms with E-state index in [0.29, 0.717) is 0 Å². The van der Waals surface area contributed by atoms with Gasteiger partial charge >= 0.3 is 0 Å². The molecule has 1 saturated carbocycles. The summed E-state index contributed by atoms with van der Waals surface area (Å²) < 4.78 is 0. The van der Waals surface area contributed by atoms with Crippen molar-refractivity contribution in [2.24, 2.45) is 11.7 Å². The second-order valence-electron chi connectivity index (χ2n) is 6.40. The molecule has 1 aliphatic heterocycles. The van der Waals surface area contributed by atoms with Crippen LogP contribution in [0.4, 0.5) is 5.69 Å². The lowest BCUT2D eigenvalue weighted by molar-refractivity contribution is 0.430. The predicted octanol–water partition coefficient (Wildman–Crippen LogP) is 3.65. The van der Waals surface area contributed by atoms with Crippen molar-refractivity contribution in [1.29, 1.82) is 0 Å². The van der Waals surface area contributed by atoms with E-state index in [9.17, 15) is 0 Å². The van der Waals surface area contributed by atoms with Crippen LogP contribution in [0, 0.1) is 5.92 Å². The van der Waals surface area contributed by atoms with E-state index >= 15 is 0 Å². The zero-order chi connectivity index (χ0) is 13.9. The van der Waals surface area contributed by atoms with Crippen LogP contribution in [0.5, 0.6) is 0 Å². The van der Waals surface area contributed by atoms with Gasteiger partial charge in [-0.05, 0) is 50.2 Å². The summed E-state index contributed by atoms with van der Waals surface area (Å²) in [5, 5.41) is 0. The lowest BCUT2D eigenvalue weighted by Gasteiger charge is -2.31. The summed E-state index contributed by atoms with van der Waals surface area (Å²) in [5.41, 5.74) is 8.37. The largest absolute Gasteiger partial charge is 0.367 e. The number of nitrogens with two attached hydrogens (primary N) is 1. The first kappa shape index (κ1) is 13.9. The van der Waals surface area contributed by atoms with Crippen LogP contribution in [-0.4, -0.2) is 17.6 Å². The van der Waals surface area contributed by atoms with Crippen LogP contribution < -0.4 is 10.6 Å². The summed E-state index contributed by atoms with van der Waals surface area (Å²) in [5.74, 6) is 0.912. The SMILES string of the molecule is CC[C@@H](N)c1ccc(N2CCCC2C2CCCC2)cn1. The van der Waals surface area contributed by atoms with Crippen molar-refractivity contribution in [3.8, 4) is 0 Å². The Morgan fingerprint density at radius 2 is 2.05 bits per heavy atom. The molecule has 3 rings (SSSR count). The normalized spacial score (nSPS) is 25.3. The zero-order valence-electron chi connectivity index (χ0n) is 12.6. The highest BCUT2D eigenvalue weighted by atomic mass is 15.2. The summed E-state index contributed by atoms with van der Waals surface area (Å²) >= 11 is 0. The van der Waals surface area contributed by atoms with Gasteiger partial charge in [-0.3, -0.25) is 4.98 Å². The van der Waals surface area contributed by atoms with E-state index in [2.05, 4.69) is 28.9 Å². The summed E-state index contributed by atoms with van der Waals surface area (Å²) in [7, 11) is 0. The fourth-order valence-electron chi connectivity index (χ4n) is 3.94. The highest BCUT2D eigenvalue weighted by Crippen LogP contribution is 2.37. The van der Waals surface area contributed by atoms with Gasteiger partial charge in [0.05, 0.1) is 17.6 Å². The van der Waals surface area contributed by atoms with E-state index in [0.717, 1.165) is 24.1 Å². The molecular weight excluding hydrogens is 246 g/mol. The summed E-state index contributed by atoms with van der Waals surface area (Å²) in [6.45, 7) is 3.30. The first-order chi connectivity index (χ1) is 9.79. The molecule has 3 nitrogen and oxygen atoms in total. The number of rotatable bonds is 4. The molecule has 0 aromatic carbocycles. The molecule has 1 aromatic rings. The number of nitrogens with zero attached hydrogens (tertiary/aromatic N) is 2. The Bertz CT molecular complexity index is 422. The fourth-order valence-corrected chi connectivity index (χ4v) is 3.94. The Labute approximate surface area is 122 Å². The minimum absolute atomic E-state index is 0.0771. The third-order valence-electron chi connectivity index (χ3n) is 5.17. The topological polar surface area (TPSA) is 42.1 Å². The van der Waals surface area contributed by atoms with Gasteiger partial charge in [0, 0.05) is 18.6 Å². The summed E-state index contributed by atoms with van der Waals surface area (Å²) in [6.07, 6.45) is 11.4. The van der Waals surface area contributed by atoms with Crippen molar-refractivity contribution in [3.05, 3.63) is 24.0 Å². The number of hydrogen-bond donors (Lipinski definition) is 1. The molecule has 2 heterocycles. The van der Waals surface area contributed by atoms with Crippen molar-refractivity contribution in [3.63, 3.8) is 0 Å². The van der Waals surface area contributed by atoms with Gasteiger partial charge in [-0.2, -0.15) is 0 Å². The maximum absolute atomic E-state index is 6.05. The van der Waals surface area contributed by atoms with E-state index < -0.39 is 0 Å². The van der Waals surface area contributed by atoms with E-state index in [1.807, 2.05) is 6.20 Å². The molecule has 0 spiro atoms. The minimum Gasteiger partial charge on any atom is -0.367 e. The Kier molecular flexibility index (Phi) is 4.25. The van der Waals surface area contributed by atoms with Gasteiger partial charge in [-0.25, -0.2) is 0 Å². The average molecular weight is 273 g/mol. The van der Waals surface area contributed by atoms with Crippen molar-refractivity contribution < 1.29 is 0 Å². The molecule has 2 atom stereocenters. The van der Waals surface area contributed by atoms with Crippen LogP contribution in [-0.2, 0) is 0 Å². The van der Waals surface area contributed by atoms with Gasteiger partial charge in [0.25, 0.3) is 0 Å². The lowest BCUT2D eigenvalue weighted by Crippen LogP contribution is -2.34. The average Bonchev–Trinajstić information content (AvgIpc) is 3.16. The number of aromatic nitrogens is 1. The van der Waals surface area contributed by atoms with E-state index in [1.165, 1.54) is 50.8 Å². The molecule has 1 aromatic heterocycles. The van der Waals surface area contributed by atoms with Crippen LogP contribution >= 0.6 is 0 Å². The lowest BCUT2D eigenvalue weighted by atomic mass is 9.96. The monoisotopic (exact) mass is 273 g/mol. The van der Waals surface area contributed by atoms with Gasteiger partial charge < -0.3 is 10.6 Å². The minimum atomic E-state index is 0.0771. The zero-order valence-corrected chi connectivity index (χ0v) is 12.6. The van der Waals surface area contributed by atoms with E-state index in [1.54, 1.807) is 0 Å². The molecule has 2 N–H and O–H groups in total. The van der Waals surface area contributed by atoms with Crippen LogP contribution in [0.15, 0.2) is 18.3 Å². The summed E-state index contributed by atoms with van der Waals surface area (Å²) in [4.78, 5) is 7.19. The quantitative estimate of drug-likeness (QED) is 0.910. The Hall–Kier alpha value is -1.09. The fraction of sp³-hybridized carbons (Fsp3) is 0.706. The molecule has 1 saturated heterocycles. The van der Waals surface area contributed by atoms with Crippen molar-refractivity contribution in [2.45, 2.75) is 64.0 Å². The van der Waals surface area contributed by atoms with Gasteiger partial charge in [-0.15, -0.1) is 0 Å². The number of anilines is 1. The Balaban J connectivity index is 1.74. The highest BCUT2D eigenvalue weighted by molar-refractivity contribution is 5.47. The predicted molar refractivity (Wildman–Crippen MR) is 83.8 cm³/mol. The van der Waals surface area contributed by atoms with Crippen molar-refractivity contribution in [2.75, 3.05) is 11.4 Å². The van der Waals surface area contributed by atoms with Crippen LogP contribution in [0.1, 0.15) is 63.6 Å². The molecule has 110 valence electrons. The third kappa shape index (κ3) is 2.69. The molecule has 1 unspecified atom stereocenters. The van der Waals surface area contributed by atoms with Crippen molar-refractivity contribution in [1.82, 2.24) is 4.98 Å². The molecular formula is C17H27N3. The first-order valence-electron chi connectivity index (χ1n) is 8.27. The van der Waals surface area contributed by atoms with Gasteiger partial charge in [0.1, 0.15) is 0 Å². The van der Waals surface area contributed by atoms with Crippen LogP contribution in [0.25, 0.3) is 0 Å². The standard InChI is InChI=1S/C17H27N3/c1-2-15(18)16-10-9-14(12-19-16)20-11-5-8-17(20)13-6-3-4-7-13/h9-10,12-13,15,17H,2-8,11,18H2,1H3/t15-,17?/m1/s1. The molecule has 0 bridgehead atoms. The number of hydrogen-bond acceptors (Lipinski definition) is 3. The molecule has 3 heteroatoms. The van der Waals surface area contributed by atoms with Gasteiger partial charge in [-0.1, -0.05) is 19.8 Å². The third-order valence-corrected chi connectivity index (χ3v) is 5.17. The molecule has 0 radical (unpaired) electrons.